The summed E-state index contributed by atoms with van der Waals surface area (Å²) in [5.74, 6) is 1.86. The molecule has 2 saturated carbocycles. The van der Waals surface area contributed by atoms with E-state index in [1.807, 2.05) is 0 Å². The molecule has 3 rings (SSSR count). The average molecular weight is 264 g/mol. The Morgan fingerprint density at radius 1 is 0.895 bits per heavy atom. The smallest absolute Gasteiger partial charge is 0.0113 e. The van der Waals surface area contributed by atoms with Crippen molar-refractivity contribution in [1.82, 2.24) is 10.6 Å². The molecule has 3 fully saturated rings. The van der Waals surface area contributed by atoms with E-state index in [4.69, 9.17) is 0 Å². The molecule has 0 radical (unpaired) electrons. The monoisotopic (exact) mass is 264 g/mol. The third kappa shape index (κ3) is 3.33. The van der Waals surface area contributed by atoms with Gasteiger partial charge in [0.15, 0.2) is 0 Å². The maximum Gasteiger partial charge on any atom is 0.0113 e. The van der Waals surface area contributed by atoms with Gasteiger partial charge < -0.3 is 10.6 Å². The fraction of sp³-hybridized carbons (Fsp3) is 1.00. The molecule has 0 spiro atoms. The quantitative estimate of drug-likeness (QED) is 0.812. The van der Waals surface area contributed by atoms with Gasteiger partial charge in [-0.1, -0.05) is 25.7 Å². The fourth-order valence-electron chi connectivity index (χ4n) is 4.86. The van der Waals surface area contributed by atoms with Crippen LogP contribution in [0.1, 0.15) is 71.1 Å². The van der Waals surface area contributed by atoms with Crippen molar-refractivity contribution in [3.8, 4) is 0 Å². The molecule has 2 nitrogen and oxygen atoms in total. The first kappa shape index (κ1) is 13.9. The molecule has 1 aliphatic heterocycles. The Morgan fingerprint density at radius 3 is 2.37 bits per heavy atom. The highest BCUT2D eigenvalue weighted by atomic mass is 15.0. The number of rotatable bonds is 4. The zero-order valence-electron chi connectivity index (χ0n) is 12.7. The normalized spacial score (nSPS) is 38.7. The van der Waals surface area contributed by atoms with Crippen LogP contribution >= 0.6 is 0 Å². The lowest BCUT2D eigenvalue weighted by atomic mass is 9.78. The largest absolute Gasteiger partial charge is 0.314 e. The summed E-state index contributed by atoms with van der Waals surface area (Å²) in [4.78, 5) is 0. The van der Waals surface area contributed by atoms with E-state index in [-0.39, 0.29) is 0 Å². The second-order valence-corrected chi connectivity index (χ2v) is 7.26. The van der Waals surface area contributed by atoms with E-state index in [1.54, 1.807) is 0 Å². The lowest BCUT2D eigenvalue weighted by molar-refractivity contribution is 0.188. The van der Waals surface area contributed by atoms with Gasteiger partial charge in [0.1, 0.15) is 0 Å². The predicted octanol–water partition coefficient (Wildman–Crippen LogP) is 3.47. The maximum absolute atomic E-state index is 4.05. The van der Waals surface area contributed by atoms with Gasteiger partial charge in [0.2, 0.25) is 0 Å². The minimum Gasteiger partial charge on any atom is -0.314 e. The van der Waals surface area contributed by atoms with E-state index >= 15 is 0 Å². The van der Waals surface area contributed by atoms with E-state index in [0.29, 0.717) is 0 Å². The molecule has 0 amide bonds. The van der Waals surface area contributed by atoms with E-state index in [9.17, 15) is 0 Å². The van der Waals surface area contributed by atoms with Gasteiger partial charge in [-0.3, -0.25) is 0 Å². The molecule has 3 unspecified atom stereocenters. The summed E-state index contributed by atoms with van der Waals surface area (Å²) in [6.45, 7) is 3.70. The molecule has 19 heavy (non-hydrogen) atoms. The lowest BCUT2D eigenvalue weighted by Gasteiger charge is -2.39. The molecule has 3 aliphatic rings. The molecule has 1 saturated heterocycles. The van der Waals surface area contributed by atoms with Crippen LogP contribution < -0.4 is 10.6 Å². The van der Waals surface area contributed by atoms with Crippen LogP contribution in [0.3, 0.4) is 0 Å². The summed E-state index contributed by atoms with van der Waals surface area (Å²) in [5.41, 5.74) is 0. The molecule has 0 aromatic rings. The van der Waals surface area contributed by atoms with Crippen LogP contribution in [0, 0.1) is 11.8 Å². The Balaban J connectivity index is 1.56. The zero-order valence-corrected chi connectivity index (χ0v) is 12.7. The van der Waals surface area contributed by atoms with Crippen molar-refractivity contribution in [3.63, 3.8) is 0 Å². The van der Waals surface area contributed by atoms with Crippen LogP contribution in [-0.4, -0.2) is 24.7 Å². The molecule has 2 heteroatoms. The van der Waals surface area contributed by atoms with Gasteiger partial charge in [0, 0.05) is 18.1 Å². The van der Waals surface area contributed by atoms with Gasteiger partial charge >= 0.3 is 0 Å². The maximum atomic E-state index is 4.05. The molecular formula is C17H32N2. The molecule has 0 aromatic carbocycles. The number of hydrogen-bond acceptors (Lipinski definition) is 2. The summed E-state index contributed by atoms with van der Waals surface area (Å²) in [6, 6.07) is 2.35. The van der Waals surface area contributed by atoms with Gasteiger partial charge in [-0.15, -0.1) is 0 Å². The number of hydrogen-bond donors (Lipinski definition) is 2. The minimum absolute atomic E-state index is 0.745. The van der Waals surface area contributed by atoms with Gasteiger partial charge in [-0.05, 0) is 63.8 Å². The summed E-state index contributed by atoms with van der Waals surface area (Å²) in [5, 5.41) is 7.81. The van der Waals surface area contributed by atoms with Gasteiger partial charge in [-0.25, -0.2) is 0 Å². The topological polar surface area (TPSA) is 24.1 Å². The minimum atomic E-state index is 0.745. The second-order valence-electron chi connectivity index (χ2n) is 7.26. The van der Waals surface area contributed by atoms with Crippen molar-refractivity contribution >= 4 is 0 Å². The van der Waals surface area contributed by atoms with Gasteiger partial charge in [0.05, 0.1) is 0 Å². The van der Waals surface area contributed by atoms with E-state index in [0.717, 1.165) is 30.0 Å². The summed E-state index contributed by atoms with van der Waals surface area (Å²) >= 11 is 0. The van der Waals surface area contributed by atoms with Crippen LogP contribution in [0.25, 0.3) is 0 Å². The SMILES string of the molecule is C[C@@H](NC1CCCCC1C1CCCN1)C1CCCC1. The second kappa shape index (κ2) is 6.58. The van der Waals surface area contributed by atoms with Crippen LogP contribution in [-0.2, 0) is 0 Å². The van der Waals surface area contributed by atoms with Crippen molar-refractivity contribution in [1.29, 1.82) is 0 Å². The Kier molecular flexibility index (Phi) is 4.81. The first-order valence-electron chi connectivity index (χ1n) is 8.84. The molecule has 0 aromatic heterocycles. The number of nitrogens with one attached hydrogen (secondary N) is 2. The van der Waals surface area contributed by atoms with Gasteiger partial charge in [-0.2, -0.15) is 0 Å². The summed E-state index contributed by atoms with van der Waals surface area (Å²) in [7, 11) is 0. The third-order valence-electron chi connectivity index (χ3n) is 6.02. The van der Waals surface area contributed by atoms with Crippen LogP contribution in [0.2, 0.25) is 0 Å². The van der Waals surface area contributed by atoms with Gasteiger partial charge in [0.25, 0.3) is 0 Å². The summed E-state index contributed by atoms with van der Waals surface area (Å²) < 4.78 is 0. The molecule has 1 heterocycles. The van der Waals surface area contributed by atoms with Crippen molar-refractivity contribution < 1.29 is 0 Å². The molecule has 0 bridgehead atoms. The highest BCUT2D eigenvalue weighted by Gasteiger charge is 2.34. The average Bonchev–Trinajstić information content (AvgIpc) is 3.13. The third-order valence-corrected chi connectivity index (χ3v) is 6.02. The highest BCUT2D eigenvalue weighted by Crippen LogP contribution is 2.33. The molecule has 2 aliphatic carbocycles. The molecule has 4 atom stereocenters. The van der Waals surface area contributed by atoms with E-state index < -0.39 is 0 Å². The van der Waals surface area contributed by atoms with E-state index in [1.165, 1.54) is 70.8 Å². The highest BCUT2D eigenvalue weighted by molar-refractivity contribution is 4.93. The zero-order chi connectivity index (χ0) is 13.1. The van der Waals surface area contributed by atoms with Crippen LogP contribution in [0.5, 0.6) is 0 Å². The Bertz CT molecular complexity index is 266. The first-order chi connectivity index (χ1) is 9.34. The Morgan fingerprint density at radius 2 is 1.63 bits per heavy atom. The molecular weight excluding hydrogens is 232 g/mol. The predicted molar refractivity (Wildman–Crippen MR) is 81.3 cm³/mol. The van der Waals surface area contributed by atoms with Crippen molar-refractivity contribution in [2.75, 3.05) is 6.54 Å². The van der Waals surface area contributed by atoms with Crippen molar-refractivity contribution in [3.05, 3.63) is 0 Å². The lowest BCUT2D eigenvalue weighted by Crippen LogP contribution is -2.50. The summed E-state index contributed by atoms with van der Waals surface area (Å²) in [6.07, 6.45) is 14.4. The van der Waals surface area contributed by atoms with Crippen molar-refractivity contribution in [2.45, 2.75) is 89.3 Å². The molecule has 2 N–H and O–H groups in total. The van der Waals surface area contributed by atoms with Crippen LogP contribution in [0.15, 0.2) is 0 Å². The van der Waals surface area contributed by atoms with Crippen LogP contribution in [0.4, 0.5) is 0 Å². The Labute approximate surface area is 119 Å². The van der Waals surface area contributed by atoms with E-state index in [2.05, 4.69) is 17.6 Å². The fourth-order valence-corrected chi connectivity index (χ4v) is 4.86. The standard InChI is InChI=1S/C17H32N2/c1-13(14-7-2-3-8-14)19-17-10-5-4-9-15(17)16-11-6-12-18-16/h13-19H,2-12H2,1H3/t13-,15?,16?,17?/m1/s1. The Hall–Kier alpha value is -0.0800. The molecule has 110 valence electrons. The first-order valence-corrected chi connectivity index (χ1v) is 8.84. The van der Waals surface area contributed by atoms with Crippen molar-refractivity contribution in [2.24, 2.45) is 11.8 Å².